The third-order valence-electron chi connectivity index (χ3n) is 12.9. The minimum absolute atomic E-state index is 0.0147. The molecule has 0 unspecified atom stereocenters. The SMILES string of the molecule is CC(C)[C@@H](C)[C@@]1(C)C[C@H]1[C@@H](C)[C@H]1CC[C@H]2[C@@H]3CC=C4C[C@@H](O)C[C@H](O)[C@]4(C)[C@H]3[C@H](O)C[C@]12CO. The molecular formula is C30H50O4. The summed E-state index contributed by atoms with van der Waals surface area (Å²) in [5.41, 5.74) is 0.885. The lowest BCUT2D eigenvalue weighted by Crippen LogP contribution is -2.61. The average molecular weight is 475 g/mol. The molecule has 4 fully saturated rings. The Balaban J connectivity index is 1.44. The zero-order chi connectivity index (χ0) is 24.8. The van der Waals surface area contributed by atoms with Gasteiger partial charge >= 0.3 is 0 Å². The maximum absolute atomic E-state index is 11.7. The Morgan fingerprint density at radius 1 is 1.00 bits per heavy atom. The molecule has 0 aromatic rings. The average Bonchev–Trinajstić information content (AvgIpc) is 3.33. The molecule has 5 rings (SSSR count). The molecule has 0 bridgehead atoms. The lowest BCUT2D eigenvalue weighted by molar-refractivity contribution is -0.173. The van der Waals surface area contributed by atoms with Crippen molar-refractivity contribution in [3.8, 4) is 0 Å². The Labute approximate surface area is 207 Å². The maximum atomic E-state index is 11.7. The zero-order valence-corrected chi connectivity index (χ0v) is 22.4. The fourth-order valence-electron chi connectivity index (χ4n) is 10.5. The van der Waals surface area contributed by atoms with E-state index in [4.69, 9.17) is 0 Å². The first-order chi connectivity index (χ1) is 15.9. The van der Waals surface area contributed by atoms with Crippen LogP contribution in [0.1, 0.15) is 86.5 Å². The summed E-state index contributed by atoms with van der Waals surface area (Å²) < 4.78 is 0. The minimum atomic E-state index is -0.618. The number of hydrogen-bond donors (Lipinski definition) is 4. The summed E-state index contributed by atoms with van der Waals surface area (Å²) in [6.45, 7) is 14.3. The Hall–Kier alpha value is -0.420. The van der Waals surface area contributed by atoms with Gasteiger partial charge in [-0.05, 0) is 91.3 Å². The summed E-state index contributed by atoms with van der Waals surface area (Å²) in [6, 6.07) is 0. The molecule has 0 heterocycles. The smallest absolute Gasteiger partial charge is 0.0659 e. The van der Waals surface area contributed by atoms with E-state index in [0.29, 0.717) is 66.1 Å². The lowest BCUT2D eigenvalue weighted by atomic mass is 9.45. The largest absolute Gasteiger partial charge is 0.396 e. The van der Waals surface area contributed by atoms with E-state index in [1.165, 1.54) is 6.42 Å². The van der Waals surface area contributed by atoms with Crippen LogP contribution in [0.2, 0.25) is 0 Å². The fraction of sp³-hybridized carbons (Fsp3) is 0.933. The van der Waals surface area contributed by atoms with Gasteiger partial charge in [-0.2, -0.15) is 0 Å². The van der Waals surface area contributed by atoms with E-state index in [1.54, 1.807) is 0 Å². The monoisotopic (exact) mass is 474 g/mol. The molecule has 0 aliphatic heterocycles. The molecule has 4 saturated carbocycles. The van der Waals surface area contributed by atoms with Gasteiger partial charge in [0.25, 0.3) is 0 Å². The van der Waals surface area contributed by atoms with Crippen molar-refractivity contribution < 1.29 is 20.4 Å². The number of fused-ring (bicyclic) bond motifs is 5. The van der Waals surface area contributed by atoms with Crippen LogP contribution in [-0.4, -0.2) is 45.3 Å². The molecule has 0 aromatic carbocycles. The van der Waals surface area contributed by atoms with Crippen molar-refractivity contribution in [2.24, 2.45) is 63.6 Å². The second-order valence-electron chi connectivity index (χ2n) is 14.2. The summed E-state index contributed by atoms with van der Waals surface area (Å²) in [4.78, 5) is 0. The highest BCUT2D eigenvalue weighted by molar-refractivity contribution is 5.29. The van der Waals surface area contributed by atoms with Crippen molar-refractivity contribution in [2.45, 2.75) is 105 Å². The number of allylic oxidation sites excluding steroid dienone is 1. The van der Waals surface area contributed by atoms with Crippen LogP contribution in [0.3, 0.4) is 0 Å². The summed E-state index contributed by atoms with van der Waals surface area (Å²) in [5, 5.41) is 44.2. The third-order valence-corrected chi connectivity index (χ3v) is 12.9. The molecule has 0 amide bonds. The van der Waals surface area contributed by atoms with Gasteiger partial charge in [0.05, 0.1) is 18.3 Å². The summed E-state index contributed by atoms with van der Waals surface area (Å²) in [6.07, 6.45) is 6.82. The standard InChI is InChI=1S/C30H50O4/c1-16(2)18(4)28(5)13-24(28)17(3)22-9-10-23-21-8-7-19-11-20(32)12-26(34)29(19,6)27(21)25(33)14-30(22,23)15-31/h7,16-18,20-27,31-34H,8-15H2,1-6H3/t17-,18+,20+,21-,22+,23-,24-,25+,26-,27+,28+,29+,30-/m0/s1. The van der Waals surface area contributed by atoms with Gasteiger partial charge in [-0.25, -0.2) is 0 Å². The van der Waals surface area contributed by atoms with E-state index >= 15 is 0 Å². The number of rotatable bonds is 5. The number of hydrogen-bond acceptors (Lipinski definition) is 4. The van der Waals surface area contributed by atoms with Gasteiger partial charge in [0, 0.05) is 23.9 Å². The number of aliphatic hydroxyl groups excluding tert-OH is 4. The zero-order valence-electron chi connectivity index (χ0n) is 22.4. The molecule has 4 N–H and O–H groups in total. The van der Waals surface area contributed by atoms with E-state index in [-0.39, 0.29) is 17.9 Å². The Bertz CT molecular complexity index is 823. The quantitative estimate of drug-likeness (QED) is 0.432. The molecule has 0 aromatic heterocycles. The molecule has 34 heavy (non-hydrogen) atoms. The molecule has 13 atom stereocenters. The van der Waals surface area contributed by atoms with Gasteiger partial charge in [-0.15, -0.1) is 0 Å². The highest BCUT2D eigenvalue weighted by Crippen LogP contribution is 2.71. The molecule has 194 valence electrons. The molecule has 0 saturated heterocycles. The Morgan fingerprint density at radius 2 is 1.71 bits per heavy atom. The van der Waals surface area contributed by atoms with Crippen molar-refractivity contribution >= 4 is 0 Å². The van der Waals surface area contributed by atoms with Crippen molar-refractivity contribution in [2.75, 3.05) is 6.61 Å². The Morgan fingerprint density at radius 3 is 2.35 bits per heavy atom. The maximum Gasteiger partial charge on any atom is 0.0659 e. The highest BCUT2D eigenvalue weighted by atomic mass is 16.3. The minimum Gasteiger partial charge on any atom is -0.396 e. The molecule has 5 aliphatic rings. The summed E-state index contributed by atoms with van der Waals surface area (Å²) >= 11 is 0. The normalized spacial score (nSPS) is 54.0. The van der Waals surface area contributed by atoms with Crippen LogP contribution < -0.4 is 0 Å². The van der Waals surface area contributed by atoms with Gasteiger partial charge in [0.2, 0.25) is 0 Å². The van der Waals surface area contributed by atoms with E-state index in [0.717, 1.165) is 24.8 Å². The van der Waals surface area contributed by atoms with E-state index < -0.39 is 23.7 Å². The van der Waals surface area contributed by atoms with E-state index in [9.17, 15) is 20.4 Å². The predicted octanol–water partition coefficient (Wildman–Crippen LogP) is 4.79. The van der Waals surface area contributed by atoms with Gasteiger partial charge in [0.1, 0.15) is 0 Å². The van der Waals surface area contributed by atoms with Crippen LogP contribution in [0, 0.1) is 63.6 Å². The predicted molar refractivity (Wildman–Crippen MR) is 135 cm³/mol. The van der Waals surface area contributed by atoms with Crippen LogP contribution in [0.4, 0.5) is 0 Å². The van der Waals surface area contributed by atoms with Gasteiger partial charge in [-0.3, -0.25) is 0 Å². The van der Waals surface area contributed by atoms with E-state index in [2.05, 4.69) is 47.6 Å². The van der Waals surface area contributed by atoms with Crippen LogP contribution in [0.15, 0.2) is 11.6 Å². The van der Waals surface area contributed by atoms with Crippen LogP contribution in [-0.2, 0) is 0 Å². The first kappa shape index (κ1) is 25.2. The summed E-state index contributed by atoms with van der Waals surface area (Å²) in [5.74, 6) is 3.84. The molecule has 4 nitrogen and oxygen atoms in total. The van der Waals surface area contributed by atoms with Crippen molar-refractivity contribution in [1.29, 1.82) is 0 Å². The lowest BCUT2D eigenvalue weighted by Gasteiger charge is -2.61. The van der Waals surface area contributed by atoms with Crippen LogP contribution in [0.25, 0.3) is 0 Å². The second-order valence-corrected chi connectivity index (χ2v) is 14.2. The van der Waals surface area contributed by atoms with E-state index in [1.807, 2.05) is 0 Å². The topological polar surface area (TPSA) is 80.9 Å². The van der Waals surface area contributed by atoms with Crippen LogP contribution in [0.5, 0.6) is 0 Å². The van der Waals surface area contributed by atoms with Gasteiger partial charge in [-0.1, -0.05) is 53.2 Å². The van der Waals surface area contributed by atoms with Gasteiger partial charge < -0.3 is 20.4 Å². The van der Waals surface area contributed by atoms with Crippen LogP contribution >= 0.6 is 0 Å². The fourth-order valence-corrected chi connectivity index (χ4v) is 10.5. The first-order valence-corrected chi connectivity index (χ1v) is 14.3. The molecule has 5 aliphatic carbocycles. The number of aliphatic hydroxyl groups is 4. The van der Waals surface area contributed by atoms with Crippen molar-refractivity contribution in [1.82, 2.24) is 0 Å². The molecule has 4 heteroatoms. The summed E-state index contributed by atoms with van der Waals surface area (Å²) in [7, 11) is 0. The van der Waals surface area contributed by atoms with Crippen molar-refractivity contribution in [3.63, 3.8) is 0 Å². The molecular weight excluding hydrogens is 424 g/mol. The molecule has 0 radical (unpaired) electrons. The third kappa shape index (κ3) is 3.30. The van der Waals surface area contributed by atoms with Gasteiger partial charge in [0.15, 0.2) is 0 Å². The second kappa shape index (κ2) is 8.30. The first-order valence-electron chi connectivity index (χ1n) is 14.3. The van der Waals surface area contributed by atoms with Crippen molar-refractivity contribution in [3.05, 3.63) is 11.6 Å². The molecule has 0 spiro atoms. The highest BCUT2D eigenvalue weighted by Gasteiger charge is 2.67. The Kier molecular flexibility index (Phi) is 6.16.